The van der Waals surface area contributed by atoms with E-state index in [-0.39, 0.29) is 5.92 Å². The van der Waals surface area contributed by atoms with Crippen LogP contribution in [-0.4, -0.2) is 49.9 Å². The van der Waals surface area contributed by atoms with Gasteiger partial charge in [-0.3, -0.25) is 4.79 Å². The summed E-state index contributed by atoms with van der Waals surface area (Å²) < 4.78 is 0. The van der Waals surface area contributed by atoms with Crippen LogP contribution in [0.3, 0.4) is 0 Å². The minimum atomic E-state index is 0.251. The lowest BCUT2D eigenvalue weighted by Crippen LogP contribution is -2.37. The van der Waals surface area contributed by atoms with Crippen LogP contribution in [0.25, 0.3) is 0 Å². The lowest BCUT2D eigenvalue weighted by molar-refractivity contribution is -0.134. The van der Waals surface area contributed by atoms with Gasteiger partial charge in [0.1, 0.15) is 0 Å². The molecule has 0 fully saturated rings. The van der Waals surface area contributed by atoms with Gasteiger partial charge < -0.3 is 9.80 Å². The van der Waals surface area contributed by atoms with E-state index in [0.29, 0.717) is 5.91 Å². The zero-order valence-electron chi connectivity index (χ0n) is 15.2. The Kier molecular flexibility index (Phi) is 12.8. The quantitative estimate of drug-likeness (QED) is 0.476. The molecule has 3 heteroatoms. The maximum atomic E-state index is 12.6. The maximum Gasteiger partial charge on any atom is 0.225 e. The predicted molar refractivity (Wildman–Crippen MR) is 92.6 cm³/mol. The third-order valence-electron chi connectivity index (χ3n) is 4.17. The molecule has 126 valence electrons. The van der Waals surface area contributed by atoms with Gasteiger partial charge in [0.15, 0.2) is 0 Å². The Morgan fingerprint density at radius 3 is 1.86 bits per heavy atom. The normalized spacial score (nSPS) is 12.7. The second-order valence-electron chi connectivity index (χ2n) is 6.61. The summed E-state index contributed by atoms with van der Waals surface area (Å²) in [6.07, 6.45) is 10.9. The molecule has 0 aromatic carbocycles. The van der Waals surface area contributed by atoms with Crippen LogP contribution in [0.15, 0.2) is 0 Å². The van der Waals surface area contributed by atoms with Crippen LogP contribution < -0.4 is 0 Å². The van der Waals surface area contributed by atoms with Crippen LogP contribution in [-0.2, 0) is 4.79 Å². The minimum Gasteiger partial charge on any atom is -0.344 e. The lowest BCUT2D eigenvalue weighted by Gasteiger charge is -2.25. The van der Waals surface area contributed by atoms with Gasteiger partial charge in [0.05, 0.1) is 0 Å². The molecule has 0 N–H and O–H groups in total. The van der Waals surface area contributed by atoms with E-state index in [0.717, 1.165) is 25.9 Å². The van der Waals surface area contributed by atoms with Crippen LogP contribution in [0, 0.1) is 5.92 Å². The smallest absolute Gasteiger partial charge is 0.225 e. The summed E-state index contributed by atoms with van der Waals surface area (Å²) in [5, 5.41) is 0. The summed E-state index contributed by atoms with van der Waals surface area (Å²) in [6.45, 7) is 6.24. The first-order valence-corrected chi connectivity index (χ1v) is 8.92. The van der Waals surface area contributed by atoms with Crippen molar-refractivity contribution in [3.63, 3.8) is 0 Å². The number of carbonyl (C=O) groups excluding carboxylic acids is 1. The van der Waals surface area contributed by atoms with Gasteiger partial charge in [-0.2, -0.15) is 0 Å². The van der Waals surface area contributed by atoms with Crippen molar-refractivity contribution in [3.05, 3.63) is 0 Å². The molecule has 0 saturated heterocycles. The summed E-state index contributed by atoms with van der Waals surface area (Å²) >= 11 is 0. The Balaban J connectivity index is 4.28. The predicted octanol–water partition coefficient (Wildman–Crippen LogP) is 4.17. The molecule has 0 rings (SSSR count). The van der Waals surface area contributed by atoms with Crippen molar-refractivity contribution >= 4 is 5.91 Å². The van der Waals surface area contributed by atoms with E-state index in [1.807, 2.05) is 11.9 Å². The maximum absolute atomic E-state index is 12.6. The summed E-state index contributed by atoms with van der Waals surface area (Å²) in [5.41, 5.74) is 0. The molecule has 0 aliphatic rings. The molecule has 1 atom stereocenters. The van der Waals surface area contributed by atoms with E-state index in [1.165, 1.54) is 44.9 Å². The molecule has 0 aliphatic heterocycles. The molecule has 3 nitrogen and oxygen atoms in total. The summed E-state index contributed by atoms with van der Waals surface area (Å²) in [6, 6.07) is 0. The van der Waals surface area contributed by atoms with E-state index in [1.54, 1.807) is 0 Å². The SMILES string of the molecule is CCCCCCC(CCCCC)C(=O)N(C)CCN(C)C. The van der Waals surface area contributed by atoms with Crippen molar-refractivity contribution in [1.29, 1.82) is 0 Å². The Hall–Kier alpha value is -0.570. The molecule has 0 spiro atoms. The summed E-state index contributed by atoms with van der Waals surface area (Å²) in [4.78, 5) is 16.7. The number of hydrogen-bond donors (Lipinski definition) is 0. The molecule has 0 heterocycles. The second kappa shape index (κ2) is 13.1. The van der Waals surface area contributed by atoms with Crippen LogP contribution in [0.5, 0.6) is 0 Å². The van der Waals surface area contributed by atoms with Gasteiger partial charge in [0.2, 0.25) is 5.91 Å². The van der Waals surface area contributed by atoms with E-state index < -0.39 is 0 Å². The number of rotatable bonds is 13. The Labute approximate surface area is 133 Å². The van der Waals surface area contributed by atoms with Gasteiger partial charge in [-0.1, -0.05) is 58.8 Å². The molecule has 1 amide bonds. The third-order valence-corrected chi connectivity index (χ3v) is 4.17. The Bertz CT molecular complexity index is 254. The number of hydrogen-bond acceptors (Lipinski definition) is 2. The van der Waals surface area contributed by atoms with E-state index in [9.17, 15) is 4.79 Å². The van der Waals surface area contributed by atoms with Crippen molar-refractivity contribution in [1.82, 2.24) is 9.80 Å². The van der Waals surface area contributed by atoms with Crippen LogP contribution in [0.1, 0.15) is 71.6 Å². The zero-order chi connectivity index (χ0) is 16.1. The molecule has 0 aliphatic carbocycles. The van der Waals surface area contributed by atoms with Gasteiger partial charge in [0, 0.05) is 26.1 Å². The zero-order valence-corrected chi connectivity index (χ0v) is 15.2. The third kappa shape index (κ3) is 10.8. The molecule has 21 heavy (non-hydrogen) atoms. The highest BCUT2D eigenvalue weighted by molar-refractivity contribution is 5.78. The first kappa shape index (κ1) is 20.4. The molecular weight excluding hydrogens is 260 g/mol. The van der Waals surface area contributed by atoms with Gasteiger partial charge in [-0.05, 0) is 26.9 Å². The van der Waals surface area contributed by atoms with Crippen molar-refractivity contribution in [2.24, 2.45) is 5.92 Å². The van der Waals surface area contributed by atoms with Crippen molar-refractivity contribution in [3.8, 4) is 0 Å². The summed E-state index contributed by atoms with van der Waals surface area (Å²) in [5.74, 6) is 0.616. The fraction of sp³-hybridized carbons (Fsp3) is 0.944. The number of carbonyl (C=O) groups is 1. The van der Waals surface area contributed by atoms with Crippen molar-refractivity contribution < 1.29 is 4.79 Å². The molecule has 1 unspecified atom stereocenters. The first-order valence-electron chi connectivity index (χ1n) is 8.92. The van der Waals surface area contributed by atoms with Crippen LogP contribution in [0.4, 0.5) is 0 Å². The average molecular weight is 299 g/mol. The van der Waals surface area contributed by atoms with Crippen molar-refractivity contribution in [2.75, 3.05) is 34.2 Å². The molecule has 0 radical (unpaired) electrons. The van der Waals surface area contributed by atoms with E-state index in [4.69, 9.17) is 0 Å². The standard InChI is InChI=1S/C18H38N2O/c1-6-8-10-12-14-17(13-11-9-7-2)18(21)20(5)16-15-19(3)4/h17H,6-16H2,1-5H3. The molecular formula is C18H38N2O. The molecule has 0 saturated carbocycles. The van der Waals surface area contributed by atoms with E-state index in [2.05, 4.69) is 32.8 Å². The van der Waals surface area contributed by atoms with Crippen molar-refractivity contribution in [2.45, 2.75) is 71.6 Å². The average Bonchev–Trinajstić information content (AvgIpc) is 2.46. The molecule has 0 aromatic heterocycles. The van der Waals surface area contributed by atoms with Gasteiger partial charge in [0.25, 0.3) is 0 Å². The number of nitrogens with zero attached hydrogens (tertiary/aromatic N) is 2. The van der Waals surface area contributed by atoms with Gasteiger partial charge in [-0.15, -0.1) is 0 Å². The highest BCUT2D eigenvalue weighted by atomic mass is 16.2. The monoisotopic (exact) mass is 298 g/mol. The highest BCUT2D eigenvalue weighted by Gasteiger charge is 2.21. The summed E-state index contributed by atoms with van der Waals surface area (Å²) in [7, 11) is 6.08. The largest absolute Gasteiger partial charge is 0.344 e. The highest BCUT2D eigenvalue weighted by Crippen LogP contribution is 2.20. The Morgan fingerprint density at radius 1 is 0.810 bits per heavy atom. The van der Waals surface area contributed by atoms with E-state index >= 15 is 0 Å². The number of amides is 1. The Morgan fingerprint density at radius 2 is 1.33 bits per heavy atom. The lowest BCUT2D eigenvalue weighted by atomic mass is 9.93. The number of unbranched alkanes of at least 4 members (excludes halogenated alkanes) is 5. The first-order chi connectivity index (χ1) is 10.0. The van der Waals surface area contributed by atoms with Crippen LogP contribution in [0.2, 0.25) is 0 Å². The molecule has 0 bridgehead atoms. The topological polar surface area (TPSA) is 23.6 Å². The second-order valence-corrected chi connectivity index (χ2v) is 6.61. The number of likely N-dealkylation sites (N-methyl/N-ethyl adjacent to an activating group) is 2. The minimum absolute atomic E-state index is 0.251. The fourth-order valence-electron chi connectivity index (χ4n) is 2.62. The fourth-order valence-corrected chi connectivity index (χ4v) is 2.62. The molecule has 0 aromatic rings. The van der Waals surface area contributed by atoms with Crippen LogP contribution >= 0.6 is 0 Å². The van der Waals surface area contributed by atoms with Gasteiger partial charge in [-0.25, -0.2) is 0 Å². The van der Waals surface area contributed by atoms with Gasteiger partial charge >= 0.3 is 0 Å².